The molecular formula is C12H7ClF2N2O. The van der Waals surface area contributed by atoms with Crippen LogP contribution in [0.3, 0.4) is 0 Å². The van der Waals surface area contributed by atoms with Gasteiger partial charge in [0.15, 0.2) is 0 Å². The number of pyridine rings is 1. The van der Waals surface area contributed by atoms with Crippen LogP contribution in [-0.2, 0) is 0 Å². The molecule has 0 bridgehead atoms. The van der Waals surface area contributed by atoms with Crippen LogP contribution >= 0.6 is 11.6 Å². The molecule has 3 nitrogen and oxygen atoms in total. The number of carbonyl (C=O) groups is 1. The molecule has 0 unspecified atom stereocenters. The molecule has 1 aromatic heterocycles. The standard InChI is InChI=1S/C12H7ClF2N2O/c13-8-5-4-7(14)6-10(8)17-12(18)9-2-1-3-11(15)16-9/h1-6H,(H,17,18). The zero-order chi connectivity index (χ0) is 13.1. The molecule has 18 heavy (non-hydrogen) atoms. The van der Waals surface area contributed by atoms with Gasteiger partial charge >= 0.3 is 0 Å². The largest absolute Gasteiger partial charge is 0.319 e. The first kappa shape index (κ1) is 12.4. The van der Waals surface area contributed by atoms with Gasteiger partial charge in [-0.15, -0.1) is 0 Å². The van der Waals surface area contributed by atoms with Gasteiger partial charge in [0, 0.05) is 0 Å². The van der Waals surface area contributed by atoms with E-state index in [4.69, 9.17) is 11.6 Å². The molecule has 1 aromatic carbocycles. The van der Waals surface area contributed by atoms with E-state index in [0.717, 1.165) is 12.1 Å². The maximum atomic E-state index is 13.0. The lowest BCUT2D eigenvalue weighted by Crippen LogP contribution is -2.14. The van der Waals surface area contributed by atoms with Crippen molar-refractivity contribution < 1.29 is 13.6 Å². The summed E-state index contributed by atoms with van der Waals surface area (Å²) in [4.78, 5) is 15.1. The summed E-state index contributed by atoms with van der Waals surface area (Å²) < 4.78 is 25.8. The molecule has 0 radical (unpaired) electrons. The summed E-state index contributed by atoms with van der Waals surface area (Å²) in [6, 6.07) is 7.35. The van der Waals surface area contributed by atoms with Crippen molar-refractivity contribution in [1.29, 1.82) is 0 Å². The molecule has 1 heterocycles. The van der Waals surface area contributed by atoms with E-state index in [-0.39, 0.29) is 16.4 Å². The first-order valence-electron chi connectivity index (χ1n) is 4.95. The number of anilines is 1. The summed E-state index contributed by atoms with van der Waals surface area (Å²) >= 11 is 5.78. The molecule has 0 saturated heterocycles. The molecule has 1 amide bonds. The Morgan fingerprint density at radius 1 is 1.22 bits per heavy atom. The first-order valence-corrected chi connectivity index (χ1v) is 5.33. The number of halogens is 3. The Morgan fingerprint density at radius 2 is 2.00 bits per heavy atom. The van der Waals surface area contributed by atoms with Crippen molar-refractivity contribution in [2.75, 3.05) is 5.32 Å². The van der Waals surface area contributed by atoms with Crippen LogP contribution in [0.4, 0.5) is 14.5 Å². The van der Waals surface area contributed by atoms with E-state index in [1.54, 1.807) is 0 Å². The number of benzene rings is 1. The predicted octanol–water partition coefficient (Wildman–Crippen LogP) is 3.27. The van der Waals surface area contributed by atoms with E-state index >= 15 is 0 Å². The average molecular weight is 269 g/mol. The van der Waals surface area contributed by atoms with Gasteiger partial charge in [0.25, 0.3) is 5.91 Å². The predicted molar refractivity (Wildman–Crippen MR) is 63.6 cm³/mol. The molecule has 0 aliphatic carbocycles. The van der Waals surface area contributed by atoms with E-state index in [2.05, 4.69) is 10.3 Å². The number of nitrogens with zero attached hydrogens (tertiary/aromatic N) is 1. The minimum atomic E-state index is -0.770. The lowest BCUT2D eigenvalue weighted by atomic mass is 10.3. The topological polar surface area (TPSA) is 42.0 Å². The monoisotopic (exact) mass is 268 g/mol. The number of hydrogen-bond donors (Lipinski definition) is 1. The Balaban J connectivity index is 2.24. The lowest BCUT2D eigenvalue weighted by molar-refractivity contribution is 0.102. The Bertz CT molecular complexity index is 604. The zero-order valence-corrected chi connectivity index (χ0v) is 9.71. The van der Waals surface area contributed by atoms with Gasteiger partial charge in [0.1, 0.15) is 11.5 Å². The number of carbonyl (C=O) groups excluding carboxylic acids is 1. The average Bonchev–Trinajstić information content (AvgIpc) is 2.34. The quantitative estimate of drug-likeness (QED) is 0.850. The van der Waals surface area contributed by atoms with Crippen molar-refractivity contribution in [3.05, 3.63) is 58.9 Å². The Hall–Kier alpha value is -2.01. The highest BCUT2D eigenvalue weighted by molar-refractivity contribution is 6.33. The molecule has 0 aliphatic heterocycles. The summed E-state index contributed by atoms with van der Waals surface area (Å²) in [6.07, 6.45) is 0. The van der Waals surface area contributed by atoms with Crippen LogP contribution in [0, 0.1) is 11.8 Å². The molecule has 0 saturated carbocycles. The Morgan fingerprint density at radius 3 is 2.72 bits per heavy atom. The van der Waals surface area contributed by atoms with Crippen LogP contribution in [0.2, 0.25) is 5.02 Å². The van der Waals surface area contributed by atoms with E-state index in [1.807, 2.05) is 0 Å². The van der Waals surface area contributed by atoms with Gasteiger partial charge in [-0.2, -0.15) is 4.39 Å². The summed E-state index contributed by atoms with van der Waals surface area (Å²) in [5.74, 6) is -1.98. The van der Waals surface area contributed by atoms with Crippen LogP contribution < -0.4 is 5.32 Å². The van der Waals surface area contributed by atoms with E-state index in [0.29, 0.717) is 0 Å². The van der Waals surface area contributed by atoms with Crippen LogP contribution in [-0.4, -0.2) is 10.9 Å². The molecule has 0 fully saturated rings. The minimum Gasteiger partial charge on any atom is -0.319 e. The van der Waals surface area contributed by atoms with Gasteiger partial charge in [-0.1, -0.05) is 17.7 Å². The van der Waals surface area contributed by atoms with Gasteiger partial charge < -0.3 is 5.32 Å². The molecule has 92 valence electrons. The van der Waals surface area contributed by atoms with Crippen molar-refractivity contribution in [3.63, 3.8) is 0 Å². The zero-order valence-electron chi connectivity index (χ0n) is 8.95. The fourth-order valence-corrected chi connectivity index (χ4v) is 1.48. The van der Waals surface area contributed by atoms with Crippen LogP contribution in [0.15, 0.2) is 36.4 Å². The highest BCUT2D eigenvalue weighted by Crippen LogP contribution is 2.22. The molecular weight excluding hydrogens is 262 g/mol. The third-order valence-electron chi connectivity index (χ3n) is 2.12. The first-order chi connectivity index (χ1) is 8.56. The smallest absolute Gasteiger partial charge is 0.274 e. The van der Waals surface area contributed by atoms with Gasteiger partial charge in [0.05, 0.1) is 10.7 Å². The molecule has 0 atom stereocenters. The van der Waals surface area contributed by atoms with Crippen LogP contribution in [0.5, 0.6) is 0 Å². The molecule has 6 heteroatoms. The van der Waals surface area contributed by atoms with Crippen molar-refractivity contribution >= 4 is 23.2 Å². The fraction of sp³-hybridized carbons (Fsp3) is 0. The van der Waals surface area contributed by atoms with Gasteiger partial charge in [-0.05, 0) is 30.3 Å². The summed E-state index contributed by atoms with van der Waals surface area (Å²) in [5, 5.41) is 2.54. The fourth-order valence-electron chi connectivity index (χ4n) is 1.31. The third-order valence-corrected chi connectivity index (χ3v) is 2.45. The molecule has 2 aromatic rings. The number of hydrogen-bond acceptors (Lipinski definition) is 2. The van der Waals surface area contributed by atoms with Gasteiger partial charge in [-0.3, -0.25) is 4.79 Å². The minimum absolute atomic E-state index is 0.104. The molecule has 0 spiro atoms. The lowest BCUT2D eigenvalue weighted by Gasteiger charge is -2.06. The second-order valence-corrected chi connectivity index (χ2v) is 3.83. The van der Waals surface area contributed by atoms with E-state index in [9.17, 15) is 13.6 Å². The molecule has 0 aliphatic rings. The number of rotatable bonds is 2. The normalized spacial score (nSPS) is 10.2. The van der Waals surface area contributed by atoms with Crippen molar-refractivity contribution in [2.45, 2.75) is 0 Å². The van der Waals surface area contributed by atoms with Crippen molar-refractivity contribution in [1.82, 2.24) is 4.98 Å². The summed E-state index contributed by atoms with van der Waals surface area (Å²) in [5.41, 5.74) is -0.0111. The maximum Gasteiger partial charge on any atom is 0.274 e. The third kappa shape index (κ3) is 2.81. The summed E-state index contributed by atoms with van der Waals surface area (Å²) in [6.45, 7) is 0. The molecule has 2 rings (SSSR count). The molecule has 1 N–H and O–H groups in total. The van der Waals surface area contributed by atoms with Crippen molar-refractivity contribution in [3.8, 4) is 0 Å². The van der Waals surface area contributed by atoms with E-state index < -0.39 is 17.7 Å². The van der Waals surface area contributed by atoms with Crippen LogP contribution in [0.1, 0.15) is 10.5 Å². The van der Waals surface area contributed by atoms with Gasteiger partial charge in [-0.25, -0.2) is 9.37 Å². The summed E-state index contributed by atoms with van der Waals surface area (Å²) in [7, 11) is 0. The highest BCUT2D eigenvalue weighted by Gasteiger charge is 2.11. The second-order valence-electron chi connectivity index (χ2n) is 3.42. The number of aromatic nitrogens is 1. The van der Waals surface area contributed by atoms with Crippen molar-refractivity contribution in [2.24, 2.45) is 0 Å². The Labute approximate surface area is 106 Å². The SMILES string of the molecule is O=C(Nc1cc(F)ccc1Cl)c1cccc(F)n1. The van der Waals surface area contributed by atoms with Crippen LogP contribution in [0.25, 0.3) is 0 Å². The second kappa shape index (κ2) is 5.10. The number of nitrogens with one attached hydrogen (secondary N) is 1. The maximum absolute atomic E-state index is 13.0. The Kier molecular flexibility index (Phi) is 3.53. The van der Waals surface area contributed by atoms with E-state index in [1.165, 1.54) is 24.3 Å². The van der Waals surface area contributed by atoms with Gasteiger partial charge in [0.2, 0.25) is 5.95 Å². The number of amides is 1. The highest BCUT2D eigenvalue weighted by atomic mass is 35.5.